The van der Waals surface area contributed by atoms with E-state index in [1.807, 2.05) is 25.4 Å². The molecule has 1 aromatic carbocycles. The summed E-state index contributed by atoms with van der Waals surface area (Å²) in [5.41, 5.74) is 2.61. The molecule has 0 saturated heterocycles. The van der Waals surface area contributed by atoms with Crippen molar-refractivity contribution < 1.29 is 9.69 Å². The molecule has 0 aliphatic rings. The predicted molar refractivity (Wildman–Crippen MR) is 89.6 cm³/mol. The molecule has 3 nitrogen and oxygen atoms in total. The number of nitrogens with one attached hydrogen (secondary N) is 2. The molecule has 6 heteroatoms. The number of likely N-dealkylation sites (N-methyl/N-ethyl adjacent to an activating group) is 1. The number of benzene rings is 1. The van der Waals surface area contributed by atoms with Crippen LogP contribution >= 0.6 is 34.5 Å². The van der Waals surface area contributed by atoms with Crippen molar-refractivity contribution in [3.63, 3.8) is 0 Å². The highest BCUT2D eigenvalue weighted by Crippen LogP contribution is 2.32. The highest BCUT2D eigenvalue weighted by Gasteiger charge is 2.15. The Morgan fingerprint density at radius 3 is 2.76 bits per heavy atom. The Kier molecular flexibility index (Phi) is 5.65. The smallest absolute Gasteiger partial charge is 0.279 e. The lowest BCUT2D eigenvalue weighted by atomic mass is 10.2. The Bertz CT molecular complexity index is 629. The zero-order chi connectivity index (χ0) is 15.4. The van der Waals surface area contributed by atoms with Gasteiger partial charge in [0.2, 0.25) is 0 Å². The molecule has 0 spiro atoms. The van der Waals surface area contributed by atoms with Crippen LogP contribution in [0.4, 0.5) is 5.69 Å². The quantitative estimate of drug-likeness (QED) is 0.859. The van der Waals surface area contributed by atoms with Gasteiger partial charge < -0.3 is 10.2 Å². The first-order valence-electron chi connectivity index (χ1n) is 6.54. The number of hydrogen-bond acceptors (Lipinski definition) is 2. The number of hydrogen-bond donors (Lipinski definition) is 2. The molecule has 0 aliphatic carbocycles. The molecular weight excluding hydrogens is 327 g/mol. The van der Waals surface area contributed by atoms with Gasteiger partial charge in [-0.15, -0.1) is 0 Å². The SMILES string of the molecule is Cc1ccc(Cl)c(NC(=O)C[NH+](C)Cc2ccsc2)c1Cl. The fourth-order valence-electron chi connectivity index (χ4n) is 2.03. The molecule has 1 aromatic heterocycles. The van der Waals surface area contributed by atoms with Gasteiger partial charge in [0, 0.05) is 5.56 Å². The van der Waals surface area contributed by atoms with E-state index in [0.29, 0.717) is 22.3 Å². The molecule has 112 valence electrons. The van der Waals surface area contributed by atoms with Gasteiger partial charge in [-0.25, -0.2) is 0 Å². The van der Waals surface area contributed by atoms with Crippen LogP contribution in [-0.4, -0.2) is 19.5 Å². The van der Waals surface area contributed by atoms with Gasteiger partial charge in [0.05, 0.1) is 22.8 Å². The fraction of sp³-hybridized carbons (Fsp3) is 0.267. The van der Waals surface area contributed by atoms with E-state index in [0.717, 1.165) is 17.0 Å². The van der Waals surface area contributed by atoms with Crippen molar-refractivity contribution in [2.45, 2.75) is 13.5 Å². The molecule has 1 unspecified atom stereocenters. The number of amides is 1. The van der Waals surface area contributed by atoms with E-state index in [2.05, 4.69) is 16.8 Å². The lowest BCUT2D eigenvalue weighted by molar-refractivity contribution is -0.885. The molecule has 1 atom stereocenters. The van der Waals surface area contributed by atoms with Gasteiger partial charge in [0.25, 0.3) is 5.91 Å². The third kappa shape index (κ3) is 4.45. The molecule has 0 bridgehead atoms. The highest BCUT2D eigenvalue weighted by molar-refractivity contribution is 7.07. The number of thiophene rings is 1. The first kappa shape index (κ1) is 16.3. The van der Waals surface area contributed by atoms with Crippen LogP contribution in [0.2, 0.25) is 10.0 Å². The molecule has 0 radical (unpaired) electrons. The highest BCUT2D eigenvalue weighted by atomic mass is 35.5. The van der Waals surface area contributed by atoms with Crippen LogP contribution in [0.1, 0.15) is 11.1 Å². The van der Waals surface area contributed by atoms with Crippen molar-refractivity contribution >= 4 is 46.1 Å². The number of carbonyl (C=O) groups is 1. The Morgan fingerprint density at radius 1 is 1.33 bits per heavy atom. The minimum Gasteiger partial charge on any atom is -0.326 e. The van der Waals surface area contributed by atoms with Gasteiger partial charge in [-0.3, -0.25) is 4.79 Å². The van der Waals surface area contributed by atoms with Crippen molar-refractivity contribution in [3.05, 3.63) is 50.1 Å². The molecular formula is C15H17Cl2N2OS+. The van der Waals surface area contributed by atoms with Crippen LogP contribution in [0.25, 0.3) is 0 Å². The normalized spacial score (nSPS) is 12.2. The van der Waals surface area contributed by atoms with Crippen LogP contribution in [-0.2, 0) is 11.3 Å². The van der Waals surface area contributed by atoms with Gasteiger partial charge >= 0.3 is 0 Å². The largest absolute Gasteiger partial charge is 0.326 e. The molecule has 1 amide bonds. The summed E-state index contributed by atoms with van der Waals surface area (Å²) in [4.78, 5) is 13.2. The van der Waals surface area contributed by atoms with Crippen molar-refractivity contribution in [3.8, 4) is 0 Å². The summed E-state index contributed by atoms with van der Waals surface area (Å²) in [5.74, 6) is -0.0999. The molecule has 0 aliphatic heterocycles. The van der Waals surface area contributed by atoms with E-state index in [4.69, 9.17) is 23.2 Å². The second kappa shape index (κ2) is 7.27. The third-order valence-corrected chi connectivity index (χ3v) is 4.63. The zero-order valence-electron chi connectivity index (χ0n) is 11.9. The van der Waals surface area contributed by atoms with E-state index < -0.39 is 0 Å². The molecule has 2 N–H and O–H groups in total. The average molecular weight is 344 g/mol. The van der Waals surface area contributed by atoms with Crippen LogP contribution in [0, 0.1) is 6.92 Å². The van der Waals surface area contributed by atoms with Crippen LogP contribution < -0.4 is 10.2 Å². The standard InChI is InChI=1S/C15H16Cl2N2OS/c1-10-3-4-12(16)15(14(10)17)18-13(20)8-19(2)7-11-5-6-21-9-11/h3-6,9H,7-8H2,1-2H3,(H,18,20)/p+1. The first-order valence-corrected chi connectivity index (χ1v) is 8.24. The summed E-state index contributed by atoms with van der Waals surface area (Å²) in [6.45, 7) is 3.05. The van der Waals surface area contributed by atoms with Gasteiger partial charge in [-0.2, -0.15) is 11.3 Å². The lowest BCUT2D eigenvalue weighted by Crippen LogP contribution is -3.08. The van der Waals surface area contributed by atoms with Gasteiger partial charge in [0.15, 0.2) is 6.54 Å². The number of aryl methyl sites for hydroxylation is 1. The molecule has 2 rings (SSSR count). The zero-order valence-corrected chi connectivity index (χ0v) is 14.2. The Balaban J connectivity index is 1.97. The maximum atomic E-state index is 12.1. The first-order chi connectivity index (χ1) is 9.97. The van der Waals surface area contributed by atoms with Gasteiger partial charge in [-0.1, -0.05) is 29.3 Å². The molecule has 0 saturated carbocycles. The number of rotatable bonds is 5. The van der Waals surface area contributed by atoms with Crippen molar-refractivity contribution in [1.82, 2.24) is 0 Å². The number of halogens is 2. The second-order valence-corrected chi connectivity index (χ2v) is 6.61. The van der Waals surface area contributed by atoms with E-state index in [1.165, 1.54) is 5.56 Å². The Labute approximate surface area is 138 Å². The Hall–Kier alpha value is -1.07. The molecule has 2 aromatic rings. The fourth-order valence-corrected chi connectivity index (χ4v) is 3.17. The minimum atomic E-state index is -0.0999. The summed E-state index contributed by atoms with van der Waals surface area (Å²) in [6, 6.07) is 5.63. The van der Waals surface area contributed by atoms with E-state index in [-0.39, 0.29) is 5.91 Å². The minimum absolute atomic E-state index is 0.0999. The summed E-state index contributed by atoms with van der Waals surface area (Å²) in [7, 11) is 1.98. The molecule has 21 heavy (non-hydrogen) atoms. The average Bonchev–Trinajstić information content (AvgIpc) is 2.92. The third-order valence-electron chi connectivity index (χ3n) is 3.10. The van der Waals surface area contributed by atoms with Crippen molar-refractivity contribution in [1.29, 1.82) is 0 Å². The summed E-state index contributed by atoms with van der Waals surface area (Å²) in [5, 5.41) is 7.88. The lowest BCUT2D eigenvalue weighted by Gasteiger charge is -2.15. The Morgan fingerprint density at radius 2 is 2.10 bits per heavy atom. The summed E-state index contributed by atoms with van der Waals surface area (Å²) >= 11 is 13.9. The maximum absolute atomic E-state index is 12.1. The molecule has 1 heterocycles. The number of quaternary nitrogens is 1. The monoisotopic (exact) mass is 343 g/mol. The van der Waals surface area contributed by atoms with Crippen LogP contribution in [0.5, 0.6) is 0 Å². The van der Waals surface area contributed by atoms with Crippen LogP contribution in [0.15, 0.2) is 29.0 Å². The topological polar surface area (TPSA) is 33.5 Å². The molecule has 0 fully saturated rings. The van der Waals surface area contributed by atoms with E-state index >= 15 is 0 Å². The van der Waals surface area contributed by atoms with Gasteiger partial charge in [-0.05, 0) is 35.4 Å². The number of carbonyl (C=O) groups excluding carboxylic acids is 1. The maximum Gasteiger partial charge on any atom is 0.279 e. The second-order valence-electron chi connectivity index (χ2n) is 5.04. The van der Waals surface area contributed by atoms with E-state index in [1.54, 1.807) is 17.4 Å². The predicted octanol–water partition coefficient (Wildman–Crippen LogP) is 3.02. The van der Waals surface area contributed by atoms with Gasteiger partial charge in [0.1, 0.15) is 6.54 Å². The van der Waals surface area contributed by atoms with Crippen molar-refractivity contribution in [2.24, 2.45) is 0 Å². The number of anilines is 1. The summed E-state index contributed by atoms with van der Waals surface area (Å²) in [6.07, 6.45) is 0. The summed E-state index contributed by atoms with van der Waals surface area (Å²) < 4.78 is 0. The van der Waals surface area contributed by atoms with E-state index in [9.17, 15) is 4.79 Å². The van der Waals surface area contributed by atoms with Crippen LogP contribution in [0.3, 0.4) is 0 Å². The van der Waals surface area contributed by atoms with Crippen molar-refractivity contribution in [2.75, 3.05) is 18.9 Å².